The Hall–Kier alpha value is -1.43. The summed E-state index contributed by atoms with van der Waals surface area (Å²) in [6.07, 6.45) is 5.19. The van der Waals surface area contributed by atoms with Gasteiger partial charge in [0.2, 0.25) is 11.8 Å². The lowest BCUT2D eigenvalue weighted by Gasteiger charge is -2.21. The molecule has 0 radical (unpaired) electrons. The topological polar surface area (TPSA) is 105 Å². The third-order valence-electron chi connectivity index (χ3n) is 5.44. The van der Waals surface area contributed by atoms with Crippen molar-refractivity contribution in [3.63, 3.8) is 0 Å². The van der Waals surface area contributed by atoms with E-state index >= 15 is 0 Å². The van der Waals surface area contributed by atoms with Gasteiger partial charge in [0.15, 0.2) is 11.8 Å². The Morgan fingerprint density at radius 3 is 2.83 bits per heavy atom. The zero-order chi connectivity index (χ0) is 19.9. The molecular weight excluding hydrogens is 487 g/mol. The maximum absolute atomic E-state index is 12.6. The van der Waals surface area contributed by atoms with Crippen molar-refractivity contribution in [3.8, 4) is 0 Å². The van der Waals surface area contributed by atoms with Crippen molar-refractivity contribution >= 4 is 35.8 Å². The molecular formula is C19H33IN6O3. The van der Waals surface area contributed by atoms with Crippen LogP contribution in [0.5, 0.6) is 0 Å². The molecule has 1 amide bonds. The summed E-state index contributed by atoms with van der Waals surface area (Å²) in [7, 11) is 1.72. The van der Waals surface area contributed by atoms with Gasteiger partial charge in [-0.3, -0.25) is 9.79 Å². The smallest absolute Gasteiger partial charge is 0.246 e. The monoisotopic (exact) mass is 520 g/mol. The van der Waals surface area contributed by atoms with Crippen LogP contribution in [0.1, 0.15) is 63.8 Å². The molecule has 1 aromatic heterocycles. The van der Waals surface area contributed by atoms with Crippen molar-refractivity contribution in [3.05, 3.63) is 11.7 Å². The molecule has 0 aromatic carbocycles. The molecule has 1 aliphatic carbocycles. The summed E-state index contributed by atoms with van der Waals surface area (Å²) in [6.45, 7) is 6.34. The quantitative estimate of drug-likeness (QED) is 0.323. The van der Waals surface area contributed by atoms with Crippen molar-refractivity contribution in [1.82, 2.24) is 25.7 Å². The fourth-order valence-electron chi connectivity index (χ4n) is 3.89. The summed E-state index contributed by atoms with van der Waals surface area (Å²) in [5.41, 5.74) is 0. The van der Waals surface area contributed by atoms with Crippen LogP contribution >= 0.6 is 24.0 Å². The Labute approximate surface area is 189 Å². The van der Waals surface area contributed by atoms with E-state index in [4.69, 9.17) is 9.26 Å². The van der Waals surface area contributed by atoms with Gasteiger partial charge in [-0.1, -0.05) is 18.0 Å². The van der Waals surface area contributed by atoms with Gasteiger partial charge in [-0.15, -0.1) is 24.0 Å². The number of aromatic nitrogens is 2. The first-order valence-electron chi connectivity index (χ1n) is 10.3. The Balaban J connectivity index is 0.00000300. The highest BCUT2D eigenvalue weighted by molar-refractivity contribution is 14.0. The van der Waals surface area contributed by atoms with Crippen molar-refractivity contribution in [1.29, 1.82) is 0 Å². The SMILES string of the molecule is CCOC(C)c1noc(CNC(=NC)NC2CCN(C(=O)C3CCCC3)C2)n1.I. The van der Waals surface area contributed by atoms with Crippen LogP contribution in [-0.2, 0) is 16.1 Å². The molecule has 2 N–H and O–H groups in total. The lowest BCUT2D eigenvalue weighted by molar-refractivity contribution is -0.134. The number of rotatable bonds is 7. The molecule has 2 atom stereocenters. The van der Waals surface area contributed by atoms with Crippen LogP contribution < -0.4 is 10.6 Å². The minimum atomic E-state index is -0.193. The normalized spacial score (nSPS) is 21.1. The first-order chi connectivity index (χ1) is 13.6. The molecule has 2 aliphatic rings. The molecule has 9 nitrogen and oxygen atoms in total. The summed E-state index contributed by atoms with van der Waals surface area (Å²) in [4.78, 5) is 23.2. The van der Waals surface area contributed by atoms with E-state index in [1.54, 1.807) is 7.05 Å². The molecule has 164 valence electrons. The highest BCUT2D eigenvalue weighted by Crippen LogP contribution is 2.27. The number of ether oxygens (including phenoxy) is 1. The molecule has 1 saturated carbocycles. The number of amides is 1. The Bertz CT molecular complexity index is 677. The standard InChI is InChI=1S/C19H32N6O3.HI/c1-4-27-13(2)17-23-16(28-24-17)11-21-19(20-3)22-15-9-10-25(12-15)18(26)14-7-5-6-8-14;/h13-15H,4-12H2,1-3H3,(H2,20,21,22);1H. The van der Waals surface area contributed by atoms with Gasteiger partial charge in [0.25, 0.3) is 0 Å². The number of hydrogen-bond donors (Lipinski definition) is 2. The van der Waals surface area contributed by atoms with Crippen molar-refractivity contribution in [2.75, 3.05) is 26.7 Å². The van der Waals surface area contributed by atoms with Gasteiger partial charge in [0.05, 0.1) is 6.54 Å². The lowest BCUT2D eigenvalue weighted by Crippen LogP contribution is -2.45. The average molecular weight is 520 g/mol. The minimum Gasteiger partial charge on any atom is -0.371 e. The first kappa shape index (κ1) is 23.8. The second-order valence-corrected chi connectivity index (χ2v) is 7.47. The van der Waals surface area contributed by atoms with Crippen molar-refractivity contribution < 1.29 is 14.1 Å². The van der Waals surface area contributed by atoms with E-state index < -0.39 is 0 Å². The summed E-state index contributed by atoms with van der Waals surface area (Å²) in [6, 6.07) is 0.202. The molecule has 0 bridgehead atoms. The number of hydrogen-bond acceptors (Lipinski definition) is 6. The molecule has 1 aromatic rings. The Morgan fingerprint density at radius 2 is 2.14 bits per heavy atom. The Morgan fingerprint density at radius 1 is 1.38 bits per heavy atom. The van der Waals surface area contributed by atoms with E-state index in [1.165, 1.54) is 12.8 Å². The maximum Gasteiger partial charge on any atom is 0.246 e. The second kappa shape index (κ2) is 11.7. The molecule has 29 heavy (non-hydrogen) atoms. The average Bonchev–Trinajstić information content (AvgIpc) is 3.46. The number of carbonyl (C=O) groups is 1. The fourth-order valence-corrected chi connectivity index (χ4v) is 3.89. The maximum atomic E-state index is 12.6. The van der Waals surface area contributed by atoms with Gasteiger partial charge >= 0.3 is 0 Å². The minimum absolute atomic E-state index is 0. The van der Waals surface area contributed by atoms with E-state index in [9.17, 15) is 4.79 Å². The van der Waals surface area contributed by atoms with Gasteiger partial charge in [0, 0.05) is 38.7 Å². The first-order valence-corrected chi connectivity index (χ1v) is 10.3. The van der Waals surface area contributed by atoms with E-state index in [0.717, 1.165) is 32.4 Å². The highest BCUT2D eigenvalue weighted by atomic mass is 127. The molecule has 2 heterocycles. The number of likely N-dealkylation sites (tertiary alicyclic amines) is 1. The molecule has 10 heteroatoms. The number of nitrogens with zero attached hydrogens (tertiary/aromatic N) is 4. The summed E-state index contributed by atoms with van der Waals surface area (Å²) in [5.74, 6) is 2.25. The van der Waals surface area contributed by atoms with Gasteiger partial charge in [-0.25, -0.2) is 0 Å². The third-order valence-corrected chi connectivity index (χ3v) is 5.44. The third kappa shape index (κ3) is 6.53. The summed E-state index contributed by atoms with van der Waals surface area (Å²) < 4.78 is 10.7. The Kier molecular flexibility index (Phi) is 9.60. The second-order valence-electron chi connectivity index (χ2n) is 7.47. The van der Waals surface area contributed by atoms with Crippen LogP contribution in [0.2, 0.25) is 0 Å². The predicted molar refractivity (Wildman–Crippen MR) is 120 cm³/mol. The van der Waals surface area contributed by atoms with E-state index in [0.29, 0.717) is 36.7 Å². The lowest BCUT2D eigenvalue weighted by atomic mass is 10.1. The van der Waals surface area contributed by atoms with Crippen LogP contribution in [-0.4, -0.2) is 59.7 Å². The molecule has 2 unspecified atom stereocenters. The fraction of sp³-hybridized carbons (Fsp3) is 0.789. The number of carbonyl (C=O) groups excluding carboxylic acids is 1. The molecule has 1 aliphatic heterocycles. The van der Waals surface area contributed by atoms with E-state index in [-0.39, 0.29) is 42.0 Å². The van der Waals surface area contributed by atoms with Crippen LogP contribution in [0.4, 0.5) is 0 Å². The molecule has 1 saturated heterocycles. The molecule has 3 rings (SSSR count). The number of guanidine groups is 1. The van der Waals surface area contributed by atoms with Gasteiger partial charge in [-0.2, -0.15) is 4.98 Å². The predicted octanol–water partition coefficient (Wildman–Crippen LogP) is 2.24. The highest BCUT2D eigenvalue weighted by Gasteiger charge is 2.32. The molecule has 2 fully saturated rings. The zero-order valence-electron chi connectivity index (χ0n) is 17.5. The van der Waals surface area contributed by atoms with Crippen LogP contribution in [0.15, 0.2) is 9.52 Å². The largest absolute Gasteiger partial charge is 0.371 e. The molecule has 0 spiro atoms. The summed E-state index contributed by atoms with van der Waals surface area (Å²) >= 11 is 0. The summed E-state index contributed by atoms with van der Waals surface area (Å²) in [5, 5.41) is 10.5. The van der Waals surface area contributed by atoms with Gasteiger partial charge in [-0.05, 0) is 33.1 Å². The van der Waals surface area contributed by atoms with Crippen molar-refractivity contribution in [2.24, 2.45) is 10.9 Å². The number of aliphatic imine (C=N–C) groups is 1. The van der Waals surface area contributed by atoms with Gasteiger partial charge < -0.3 is 24.8 Å². The number of halogens is 1. The van der Waals surface area contributed by atoms with Crippen LogP contribution in [0.25, 0.3) is 0 Å². The van der Waals surface area contributed by atoms with Crippen molar-refractivity contribution in [2.45, 2.75) is 64.6 Å². The van der Waals surface area contributed by atoms with E-state index in [1.807, 2.05) is 18.7 Å². The number of nitrogens with one attached hydrogen (secondary N) is 2. The van der Waals surface area contributed by atoms with E-state index in [2.05, 4.69) is 25.8 Å². The zero-order valence-corrected chi connectivity index (χ0v) is 19.8. The van der Waals surface area contributed by atoms with Crippen LogP contribution in [0.3, 0.4) is 0 Å². The van der Waals surface area contributed by atoms with Crippen LogP contribution in [0, 0.1) is 5.92 Å². The van der Waals surface area contributed by atoms with Gasteiger partial charge in [0.1, 0.15) is 6.10 Å².